The van der Waals surface area contributed by atoms with Crippen LogP contribution in [0, 0.1) is 0 Å². The molecule has 0 atom stereocenters. The van der Waals surface area contributed by atoms with E-state index < -0.39 is 0 Å². The Hall–Kier alpha value is -0.900. The van der Waals surface area contributed by atoms with Gasteiger partial charge in [-0.3, -0.25) is 9.69 Å². The highest BCUT2D eigenvalue weighted by Gasteiger charge is 2.21. The van der Waals surface area contributed by atoms with Crippen molar-refractivity contribution in [3.8, 4) is 0 Å². The van der Waals surface area contributed by atoms with Gasteiger partial charge in [0.1, 0.15) is 5.78 Å². The van der Waals surface area contributed by atoms with Crippen molar-refractivity contribution in [2.24, 2.45) is 0 Å². The molecule has 4 heteroatoms. The number of carbonyl (C=O) groups excluding carboxylic acids is 2. The first-order chi connectivity index (χ1) is 7.13. The minimum Gasteiger partial charge on any atom is -0.340 e. The summed E-state index contributed by atoms with van der Waals surface area (Å²) in [4.78, 5) is 26.4. The zero-order valence-electron chi connectivity index (χ0n) is 9.66. The Morgan fingerprint density at radius 3 is 2.67 bits per heavy atom. The van der Waals surface area contributed by atoms with Crippen LogP contribution < -0.4 is 0 Å². The van der Waals surface area contributed by atoms with Gasteiger partial charge in [-0.2, -0.15) is 0 Å². The van der Waals surface area contributed by atoms with E-state index in [1.54, 1.807) is 6.92 Å². The van der Waals surface area contributed by atoms with Gasteiger partial charge in [-0.25, -0.2) is 0 Å². The van der Waals surface area contributed by atoms with Crippen LogP contribution in [0.2, 0.25) is 0 Å². The summed E-state index contributed by atoms with van der Waals surface area (Å²) in [6.45, 7) is 7.64. The molecule has 0 aromatic carbocycles. The number of carbonyl (C=O) groups is 2. The molecule has 0 N–H and O–H groups in total. The highest BCUT2D eigenvalue weighted by molar-refractivity contribution is 5.79. The SMILES string of the molecule is CCN1CCN(CCCC(C)=O)C(=O)C1. The normalized spacial score (nSPS) is 18.3. The Morgan fingerprint density at radius 2 is 2.13 bits per heavy atom. The topological polar surface area (TPSA) is 40.6 Å². The van der Waals surface area contributed by atoms with Crippen molar-refractivity contribution >= 4 is 11.7 Å². The predicted molar refractivity (Wildman–Crippen MR) is 58.6 cm³/mol. The lowest BCUT2D eigenvalue weighted by Crippen LogP contribution is -2.50. The molecule has 1 amide bonds. The lowest BCUT2D eigenvalue weighted by atomic mass is 10.2. The third-order valence-electron chi connectivity index (χ3n) is 2.80. The minimum absolute atomic E-state index is 0.201. The molecule has 1 fully saturated rings. The van der Waals surface area contributed by atoms with E-state index in [2.05, 4.69) is 11.8 Å². The molecule has 0 saturated carbocycles. The van der Waals surface area contributed by atoms with Crippen molar-refractivity contribution in [3.63, 3.8) is 0 Å². The largest absolute Gasteiger partial charge is 0.340 e. The van der Waals surface area contributed by atoms with E-state index in [0.717, 1.165) is 32.6 Å². The highest BCUT2D eigenvalue weighted by atomic mass is 16.2. The number of nitrogens with zero attached hydrogens (tertiary/aromatic N) is 2. The van der Waals surface area contributed by atoms with Gasteiger partial charge in [0.05, 0.1) is 6.54 Å². The van der Waals surface area contributed by atoms with E-state index in [-0.39, 0.29) is 11.7 Å². The van der Waals surface area contributed by atoms with Crippen LogP contribution in [0.1, 0.15) is 26.7 Å². The fourth-order valence-electron chi connectivity index (χ4n) is 1.78. The van der Waals surface area contributed by atoms with Crippen LogP contribution >= 0.6 is 0 Å². The molecule has 4 nitrogen and oxygen atoms in total. The number of hydrogen-bond donors (Lipinski definition) is 0. The summed E-state index contributed by atoms with van der Waals surface area (Å²) in [5.74, 6) is 0.404. The van der Waals surface area contributed by atoms with Crippen molar-refractivity contribution in [3.05, 3.63) is 0 Å². The van der Waals surface area contributed by atoms with Crippen molar-refractivity contribution < 1.29 is 9.59 Å². The van der Waals surface area contributed by atoms with E-state index in [4.69, 9.17) is 0 Å². The number of ketones is 1. The molecule has 0 spiro atoms. The van der Waals surface area contributed by atoms with Crippen molar-refractivity contribution in [1.82, 2.24) is 9.80 Å². The first-order valence-electron chi connectivity index (χ1n) is 5.63. The Morgan fingerprint density at radius 1 is 1.40 bits per heavy atom. The molecule has 1 saturated heterocycles. The predicted octanol–water partition coefficient (Wildman–Crippen LogP) is 0.520. The number of rotatable bonds is 5. The molecule has 1 aliphatic rings. The van der Waals surface area contributed by atoms with Crippen molar-refractivity contribution in [2.75, 3.05) is 32.7 Å². The molecule has 0 aromatic heterocycles. The summed E-state index contributed by atoms with van der Waals surface area (Å²) < 4.78 is 0. The van der Waals surface area contributed by atoms with Gasteiger partial charge in [0.25, 0.3) is 0 Å². The number of likely N-dealkylation sites (N-methyl/N-ethyl adjacent to an activating group) is 1. The average Bonchev–Trinajstić information content (AvgIpc) is 2.20. The van der Waals surface area contributed by atoms with Gasteiger partial charge < -0.3 is 9.69 Å². The molecule has 1 heterocycles. The zero-order valence-corrected chi connectivity index (χ0v) is 9.66. The van der Waals surface area contributed by atoms with Crippen molar-refractivity contribution in [1.29, 1.82) is 0 Å². The Balaban J connectivity index is 2.26. The smallest absolute Gasteiger partial charge is 0.236 e. The highest BCUT2D eigenvalue weighted by Crippen LogP contribution is 2.04. The second kappa shape index (κ2) is 5.85. The summed E-state index contributed by atoms with van der Waals surface area (Å²) in [5, 5.41) is 0. The zero-order chi connectivity index (χ0) is 11.3. The van der Waals surface area contributed by atoms with Crippen LogP contribution in [-0.4, -0.2) is 54.2 Å². The maximum absolute atomic E-state index is 11.6. The number of hydrogen-bond acceptors (Lipinski definition) is 3. The van der Waals surface area contributed by atoms with Gasteiger partial charge in [-0.15, -0.1) is 0 Å². The molecular formula is C11H20N2O2. The fraction of sp³-hybridized carbons (Fsp3) is 0.818. The monoisotopic (exact) mass is 212 g/mol. The molecule has 0 radical (unpaired) electrons. The average molecular weight is 212 g/mol. The van der Waals surface area contributed by atoms with E-state index in [1.165, 1.54) is 0 Å². The summed E-state index contributed by atoms with van der Waals surface area (Å²) in [5.41, 5.74) is 0. The molecule has 0 aliphatic carbocycles. The molecule has 1 rings (SSSR count). The van der Waals surface area contributed by atoms with Gasteiger partial charge in [0.15, 0.2) is 0 Å². The Bertz CT molecular complexity index is 241. The summed E-state index contributed by atoms with van der Waals surface area (Å²) in [6, 6.07) is 0. The molecule has 0 unspecified atom stereocenters. The summed E-state index contributed by atoms with van der Waals surface area (Å²) in [6.07, 6.45) is 1.38. The van der Waals surface area contributed by atoms with E-state index in [9.17, 15) is 9.59 Å². The van der Waals surface area contributed by atoms with Crippen LogP contribution in [0.4, 0.5) is 0 Å². The van der Waals surface area contributed by atoms with Crippen molar-refractivity contribution in [2.45, 2.75) is 26.7 Å². The Kier molecular flexibility index (Phi) is 4.75. The second-order valence-corrected chi connectivity index (χ2v) is 4.06. The first kappa shape index (κ1) is 12.2. The summed E-state index contributed by atoms with van der Waals surface area (Å²) in [7, 11) is 0. The quantitative estimate of drug-likeness (QED) is 0.667. The van der Waals surface area contributed by atoms with Crippen LogP contribution in [0.3, 0.4) is 0 Å². The third-order valence-corrected chi connectivity index (χ3v) is 2.80. The van der Waals surface area contributed by atoms with E-state index in [0.29, 0.717) is 13.0 Å². The van der Waals surface area contributed by atoms with Crippen LogP contribution in [0.5, 0.6) is 0 Å². The van der Waals surface area contributed by atoms with Gasteiger partial charge in [0.2, 0.25) is 5.91 Å². The van der Waals surface area contributed by atoms with Crippen LogP contribution in [-0.2, 0) is 9.59 Å². The molecule has 0 bridgehead atoms. The van der Waals surface area contributed by atoms with Crippen LogP contribution in [0.25, 0.3) is 0 Å². The maximum Gasteiger partial charge on any atom is 0.236 e. The number of amides is 1. The number of Topliss-reactive ketones (excluding diaryl/α,β-unsaturated/α-hetero) is 1. The van der Waals surface area contributed by atoms with Crippen LogP contribution in [0.15, 0.2) is 0 Å². The van der Waals surface area contributed by atoms with E-state index >= 15 is 0 Å². The van der Waals surface area contributed by atoms with Gasteiger partial charge >= 0.3 is 0 Å². The third kappa shape index (κ3) is 4.00. The molecular weight excluding hydrogens is 192 g/mol. The molecule has 86 valence electrons. The lowest BCUT2D eigenvalue weighted by molar-refractivity contribution is -0.136. The minimum atomic E-state index is 0.201. The molecule has 15 heavy (non-hydrogen) atoms. The number of piperazine rings is 1. The van der Waals surface area contributed by atoms with Gasteiger partial charge in [-0.05, 0) is 19.9 Å². The Labute approximate surface area is 91.2 Å². The maximum atomic E-state index is 11.6. The van der Waals surface area contributed by atoms with E-state index in [1.807, 2.05) is 4.90 Å². The lowest BCUT2D eigenvalue weighted by Gasteiger charge is -2.33. The fourth-order valence-corrected chi connectivity index (χ4v) is 1.78. The summed E-state index contributed by atoms with van der Waals surface area (Å²) >= 11 is 0. The van der Waals surface area contributed by atoms with Gasteiger partial charge in [0, 0.05) is 26.1 Å². The molecule has 1 aliphatic heterocycles. The standard InChI is InChI=1S/C11H20N2O2/c1-3-12-7-8-13(11(15)9-12)6-4-5-10(2)14/h3-9H2,1-2H3. The molecule has 0 aromatic rings. The first-order valence-corrected chi connectivity index (χ1v) is 5.63. The van der Waals surface area contributed by atoms with Gasteiger partial charge in [-0.1, -0.05) is 6.92 Å². The second-order valence-electron chi connectivity index (χ2n) is 4.06.